The SMILES string of the molecule is Cc1cn2c(c1C(=O)Nc1ccc(F)c(F)c1)CCC2. The first-order valence-corrected chi connectivity index (χ1v) is 6.51. The quantitative estimate of drug-likeness (QED) is 0.897. The molecule has 5 heteroatoms. The van der Waals surface area contributed by atoms with Gasteiger partial charge in [-0.05, 0) is 37.5 Å². The van der Waals surface area contributed by atoms with E-state index < -0.39 is 11.6 Å². The Morgan fingerprint density at radius 1 is 1.30 bits per heavy atom. The molecular formula is C15H14F2N2O. The maximum Gasteiger partial charge on any atom is 0.257 e. The van der Waals surface area contributed by atoms with Crippen molar-refractivity contribution in [3.63, 3.8) is 0 Å². The molecule has 0 unspecified atom stereocenters. The van der Waals surface area contributed by atoms with E-state index in [-0.39, 0.29) is 11.6 Å². The molecule has 1 aromatic carbocycles. The summed E-state index contributed by atoms with van der Waals surface area (Å²) in [5.74, 6) is -2.17. The predicted octanol–water partition coefficient (Wildman–Crippen LogP) is 3.27. The number of rotatable bonds is 2. The number of nitrogens with one attached hydrogen (secondary N) is 1. The van der Waals surface area contributed by atoms with E-state index in [1.54, 1.807) is 0 Å². The van der Waals surface area contributed by atoms with Gasteiger partial charge in [-0.3, -0.25) is 4.79 Å². The molecule has 1 amide bonds. The third-order valence-corrected chi connectivity index (χ3v) is 3.60. The third-order valence-electron chi connectivity index (χ3n) is 3.60. The molecule has 0 spiro atoms. The van der Waals surface area contributed by atoms with Crippen LogP contribution in [0.5, 0.6) is 0 Å². The maximum absolute atomic E-state index is 13.1. The summed E-state index contributed by atoms with van der Waals surface area (Å²) < 4.78 is 28.1. The molecule has 20 heavy (non-hydrogen) atoms. The van der Waals surface area contributed by atoms with Gasteiger partial charge in [-0.25, -0.2) is 8.78 Å². The third kappa shape index (κ3) is 2.09. The van der Waals surface area contributed by atoms with Crippen molar-refractivity contribution in [3.8, 4) is 0 Å². The summed E-state index contributed by atoms with van der Waals surface area (Å²) in [4.78, 5) is 12.3. The van der Waals surface area contributed by atoms with Crippen molar-refractivity contribution >= 4 is 11.6 Å². The van der Waals surface area contributed by atoms with Crippen LogP contribution in [0.15, 0.2) is 24.4 Å². The van der Waals surface area contributed by atoms with Gasteiger partial charge >= 0.3 is 0 Å². The summed E-state index contributed by atoms with van der Waals surface area (Å²) in [5, 5.41) is 2.62. The summed E-state index contributed by atoms with van der Waals surface area (Å²) in [6.07, 6.45) is 3.86. The van der Waals surface area contributed by atoms with Crippen molar-refractivity contribution in [2.45, 2.75) is 26.3 Å². The van der Waals surface area contributed by atoms with E-state index in [2.05, 4.69) is 9.88 Å². The zero-order valence-corrected chi connectivity index (χ0v) is 11.0. The molecule has 0 bridgehead atoms. The van der Waals surface area contributed by atoms with Gasteiger partial charge in [-0.15, -0.1) is 0 Å². The maximum atomic E-state index is 13.1. The minimum absolute atomic E-state index is 0.256. The first kappa shape index (κ1) is 12.8. The van der Waals surface area contributed by atoms with Crippen LogP contribution in [0.25, 0.3) is 0 Å². The molecule has 2 aromatic rings. The molecule has 1 N–H and O–H groups in total. The van der Waals surface area contributed by atoms with Crippen LogP contribution >= 0.6 is 0 Å². The average molecular weight is 276 g/mol. The summed E-state index contributed by atoms with van der Waals surface area (Å²) in [6.45, 7) is 2.81. The van der Waals surface area contributed by atoms with Gasteiger partial charge in [0.05, 0.1) is 5.56 Å². The molecule has 1 aliphatic heterocycles. The number of carbonyl (C=O) groups excluding carboxylic acids is 1. The largest absolute Gasteiger partial charge is 0.350 e. The Bertz CT molecular complexity index is 691. The molecule has 1 aliphatic rings. The van der Waals surface area contributed by atoms with E-state index in [4.69, 9.17) is 0 Å². The fourth-order valence-electron chi connectivity index (χ4n) is 2.71. The highest BCUT2D eigenvalue weighted by molar-refractivity contribution is 6.06. The molecule has 0 radical (unpaired) electrons. The van der Waals surface area contributed by atoms with E-state index >= 15 is 0 Å². The minimum atomic E-state index is -0.971. The molecule has 1 aromatic heterocycles. The highest BCUT2D eigenvalue weighted by Crippen LogP contribution is 2.25. The van der Waals surface area contributed by atoms with Crippen LogP contribution in [0.2, 0.25) is 0 Å². The van der Waals surface area contributed by atoms with Crippen LogP contribution in [0.4, 0.5) is 14.5 Å². The van der Waals surface area contributed by atoms with E-state index in [0.717, 1.165) is 42.8 Å². The van der Waals surface area contributed by atoms with Crippen molar-refractivity contribution in [1.82, 2.24) is 4.57 Å². The minimum Gasteiger partial charge on any atom is -0.350 e. The molecule has 2 heterocycles. The van der Waals surface area contributed by atoms with Crippen LogP contribution in [-0.2, 0) is 13.0 Å². The summed E-state index contributed by atoms with van der Waals surface area (Å²) >= 11 is 0. The van der Waals surface area contributed by atoms with Gasteiger partial charge in [0, 0.05) is 30.2 Å². The Labute approximate surface area is 115 Å². The molecule has 3 nitrogen and oxygen atoms in total. The molecule has 3 rings (SSSR count). The summed E-state index contributed by atoms with van der Waals surface area (Å²) in [5.41, 5.74) is 2.82. The number of fused-ring (bicyclic) bond motifs is 1. The summed E-state index contributed by atoms with van der Waals surface area (Å²) in [6, 6.07) is 3.34. The second kappa shape index (κ2) is 4.74. The van der Waals surface area contributed by atoms with Crippen molar-refractivity contribution in [3.05, 3.63) is 52.9 Å². The highest BCUT2D eigenvalue weighted by atomic mass is 19.2. The number of nitrogens with zero attached hydrogens (tertiary/aromatic N) is 1. The predicted molar refractivity (Wildman–Crippen MR) is 71.8 cm³/mol. The van der Waals surface area contributed by atoms with Gasteiger partial charge < -0.3 is 9.88 Å². The van der Waals surface area contributed by atoms with Gasteiger partial charge in [-0.1, -0.05) is 0 Å². The van der Waals surface area contributed by atoms with E-state index in [9.17, 15) is 13.6 Å². The fourth-order valence-corrected chi connectivity index (χ4v) is 2.71. The molecule has 0 fully saturated rings. The molecule has 0 saturated carbocycles. The lowest BCUT2D eigenvalue weighted by Crippen LogP contribution is -2.14. The van der Waals surface area contributed by atoms with Gasteiger partial charge in [-0.2, -0.15) is 0 Å². The molecular weight excluding hydrogens is 262 g/mol. The number of halogens is 2. The lowest BCUT2D eigenvalue weighted by Gasteiger charge is -2.07. The van der Waals surface area contributed by atoms with Crippen molar-refractivity contribution in [1.29, 1.82) is 0 Å². The molecule has 0 atom stereocenters. The zero-order valence-electron chi connectivity index (χ0n) is 11.0. The highest BCUT2D eigenvalue weighted by Gasteiger charge is 2.22. The number of amides is 1. The lowest BCUT2D eigenvalue weighted by molar-refractivity contribution is 0.102. The molecule has 0 saturated heterocycles. The summed E-state index contributed by atoms with van der Waals surface area (Å²) in [7, 11) is 0. The first-order valence-electron chi connectivity index (χ1n) is 6.51. The van der Waals surface area contributed by atoms with Gasteiger partial charge in [0.25, 0.3) is 5.91 Å². The number of carbonyl (C=O) groups is 1. The van der Waals surface area contributed by atoms with Crippen molar-refractivity contribution < 1.29 is 13.6 Å². The number of hydrogen-bond acceptors (Lipinski definition) is 1. The van der Waals surface area contributed by atoms with Crippen molar-refractivity contribution in [2.75, 3.05) is 5.32 Å². The Balaban J connectivity index is 1.88. The van der Waals surface area contributed by atoms with Crippen LogP contribution in [0.3, 0.4) is 0 Å². The number of aryl methyl sites for hydroxylation is 2. The Kier molecular flexibility index (Phi) is 3.04. The van der Waals surface area contributed by atoms with Crippen LogP contribution in [-0.4, -0.2) is 10.5 Å². The topological polar surface area (TPSA) is 34.0 Å². The standard InChI is InChI=1S/C15H14F2N2O/c1-9-8-19-6-2-3-13(19)14(9)15(20)18-10-4-5-11(16)12(17)7-10/h4-5,7-8H,2-3,6H2,1H3,(H,18,20). The average Bonchev–Trinajstić information content (AvgIpc) is 2.93. The second-order valence-electron chi connectivity index (χ2n) is 5.01. The number of aromatic nitrogens is 1. The van der Waals surface area contributed by atoms with Gasteiger partial charge in [0.15, 0.2) is 11.6 Å². The van der Waals surface area contributed by atoms with Crippen LogP contribution in [0.1, 0.15) is 28.0 Å². The second-order valence-corrected chi connectivity index (χ2v) is 5.01. The normalized spacial score (nSPS) is 13.3. The van der Waals surface area contributed by atoms with E-state index in [1.165, 1.54) is 6.07 Å². The van der Waals surface area contributed by atoms with Gasteiger partial charge in [0.2, 0.25) is 0 Å². The van der Waals surface area contributed by atoms with E-state index in [0.29, 0.717) is 5.56 Å². The lowest BCUT2D eigenvalue weighted by atomic mass is 10.1. The smallest absolute Gasteiger partial charge is 0.257 e. The van der Waals surface area contributed by atoms with Gasteiger partial charge in [0.1, 0.15) is 0 Å². The monoisotopic (exact) mass is 276 g/mol. The van der Waals surface area contributed by atoms with Crippen molar-refractivity contribution in [2.24, 2.45) is 0 Å². The molecule has 0 aliphatic carbocycles. The molecule has 104 valence electrons. The first-order chi connectivity index (χ1) is 9.56. The van der Waals surface area contributed by atoms with E-state index in [1.807, 2.05) is 13.1 Å². The Hall–Kier alpha value is -2.17. The Morgan fingerprint density at radius 3 is 2.85 bits per heavy atom. The van der Waals surface area contributed by atoms with Crippen LogP contribution in [0, 0.1) is 18.6 Å². The number of hydrogen-bond donors (Lipinski definition) is 1. The number of benzene rings is 1. The fraction of sp³-hybridized carbons (Fsp3) is 0.267. The zero-order chi connectivity index (χ0) is 14.3. The number of anilines is 1. The van der Waals surface area contributed by atoms with Crippen LogP contribution < -0.4 is 5.32 Å². The Morgan fingerprint density at radius 2 is 2.10 bits per heavy atom.